The Labute approximate surface area is 477 Å². The maximum absolute atomic E-state index is 12.9. The van der Waals surface area contributed by atoms with Crippen molar-refractivity contribution in [3.63, 3.8) is 0 Å². The number of unbranched alkanes of at least 4 members (excludes halogenated alkanes) is 32. The van der Waals surface area contributed by atoms with Crippen LogP contribution in [0.25, 0.3) is 0 Å². The molecule has 0 N–H and O–H groups in total. The molecular weight excluding hydrogens is 949 g/mol. The van der Waals surface area contributed by atoms with Gasteiger partial charge in [-0.15, -0.1) is 0 Å². The SMILES string of the molecule is CC/C=C\C/C=C\C/C=C\CCCCCCCCCC(=O)OCC(COC(=O)CCCCCCCCCCCCCCC/C=C\C/C=C\CCCCCCC)OC(=O)CCCCCCCCC/C=C\C/C=C\C/C=C\CC. The summed E-state index contributed by atoms with van der Waals surface area (Å²) < 4.78 is 16.9. The molecule has 6 nitrogen and oxygen atoms in total. The molecule has 1 atom stereocenters. The second-order valence-corrected chi connectivity index (χ2v) is 21.6. The Balaban J connectivity index is 4.34. The van der Waals surface area contributed by atoms with Crippen LogP contribution in [-0.4, -0.2) is 37.2 Å². The highest BCUT2D eigenvalue weighted by atomic mass is 16.6. The molecule has 442 valence electrons. The first-order valence-corrected chi connectivity index (χ1v) is 32.7. The molecule has 6 heteroatoms. The molecule has 0 spiro atoms. The normalized spacial score (nSPS) is 12.7. The molecule has 0 aliphatic heterocycles. The van der Waals surface area contributed by atoms with Gasteiger partial charge in [0.15, 0.2) is 6.10 Å². The zero-order valence-corrected chi connectivity index (χ0v) is 50.7. The average molecular weight is 1070 g/mol. The van der Waals surface area contributed by atoms with Crippen LogP contribution in [0.1, 0.15) is 316 Å². The molecule has 0 fully saturated rings. The highest BCUT2D eigenvalue weighted by Crippen LogP contribution is 2.16. The molecule has 0 bridgehead atoms. The second-order valence-electron chi connectivity index (χ2n) is 21.6. The van der Waals surface area contributed by atoms with E-state index in [-0.39, 0.29) is 31.1 Å². The van der Waals surface area contributed by atoms with Crippen LogP contribution in [0.5, 0.6) is 0 Å². The number of allylic oxidation sites excluding steroid dienone is 16. The van der Waals surface area contributed by atoms with Crippen LogP contribution in [0.2, 0.25) is 0 Å². The molecule has 0 heterocycles. The van der Waals surface area contributed by atoms with Gasteiger partial charge in [0.2, 0.25) is 0 Å². The standard InChI is InChI=1S/C71H122O6/c1-4-7-10-13-16-19-22-25-28-31-32-33-34-35-36-37-38-41-43-46-49-52-55-58-61-64-70(73)76-67-68(77-71(74)65-62-59-56-53-50-47-44-40-30-27-24-21-18-15-12-9-6-3)66-75-69(72)63-60-57-54-51-48-45-42-39-29-26-23-20-17-14-11-8-5-2/h8-9,11-12,17-18,20-22,25-27,29-32,68H,4-7,10,13-16,19,23-24,28,33-67H2,1-3H3/b11-8-,12-9-,20-17-,21-18-,25-22-,29-26-,30-27-,32-31-. The lowest BCUT2D eigenvalue weighted by Gasteiger charge is -2.18. The summed E-state index contributed by atoms with van der Waals surface area (Å²) in [6.07, 6.45) is 87.0. The van der Waals surface area contributed by atoms with Gasteiger partial charge in [0.25, 0.3) is 0 Å². The van der Waals surface area contributed by atoms with Crippen LogP contribution < -0.4 is 0 Å². The Hall–Kier alpha value is -3.67. The van der Waals surface area contributed by atoms with Gasteiger partial charge in [-0.05, 0) is 116 Å². The predicted molar refractivity (Wildman–Crippen MR) is 334 cm³/mol. The Morgan fingerprint density at radius 2 is 0.506 bits per heavy atom. The second kappa shape index (κ2) is 64.9. The third-order valence-electron chi connectivity index (χ3n) is 14.1. The van der Waals surface area contributed by atoms with E-state index in [1.807, 2.05) is 0 Å². The van der Waals surface area contributed by atoms with Gasteiger partial charge in [0.1, 0.15) is 13.2 Å². The molecular formula is C71H122O6. The molecule has 0 saturated carbocycles. The molecule has 0 radical (unpaired) electrons. The van der Waals surface area contributed by atoms with Crippen LogP contribution in [0.15, 0.2) is 97.2 Å². The van der Waals surface area contributed by atoms with E-state index in [0.717, 1.165) is 116 Å². The van der Waals surface area contributed by atoms with Crippen LogP contribution >= 0.6 is 0 Å². The lowest BCUT2D eigenvalue weighted by molar-refractivity contribution is -0.167. The van der Waals surface area contributed by atoms with E-state index in [9.17, 15) is 14.4 Å². The summed E-state index contributed by atoms with van der Waals surface area (Å²) >= 11 is 0. The van der Waals surface area contributed by atoms with Crippen LogP contribution in [-0.2, 0) is 28.6 Å². The van der Waals surface area contributed by atoms with E-state index >= 15 is 0 Å². The van der Waals surface area contributed by atoms with Crippen molar-refractivity contribution in [2.24, 2.45) is 0 Å². The van der Waals surface area contributed by atoms with Crippen molar-refractivity contribution in [3.05, 3.63) is 97.2 Å². The molecule has 77 heavy (non-hydrogen) atoms. The fourth-order valence-corrected chi connectivity index (χ4v) is 9.21. The van der Waals surface area contributed by atoms with Crippen molar-refractivity contribution in [1.82, 2.24) is 0 Å². The minimum Gasteiger partial charge on any atom is -0.462 e. The number of rotatable bonds is 59. The summed E-state index contributed by atoms with van der Waals surface area (Å²) in [5.74, 6) is -0.894. The highest BCUT2D eigenvalue weighted by molar-refractivity contribution is 5.71. The molecule has 0 aromatic carbocycles. The maximum atomic E-state index is 12.9. The van der Waals surface area contributed by atoms with Gasteiger partial charge in [-0.2, -0.15) is 0 Å². The Kier molecular flexibility index (Phi) is 61.8. The molecule has 0 aliphatic carbocycles. The molecule has 1 unspecified atom stereocenters. The first kappa shape index (κ1) is 73.3. The van der Waals surface area contributed by atoms with E-state index in [2.05, 4.69) is 118 Å². The Bertz CT molecular complexity index is 1510. The Morgan fingerprint density at radius 3 is 0.792 bits per heavy atom. The third-order valence-corrected chi connectivity index (χ3v) is 14.1. The van der Waals surface area contributed by atoms with Gasteiger partial charge >= 0.3 is 17.9 Å². The van der Waals surface area contributed by atoms with Crippen molar-refractivity contribution >= 4 is 17.9 Å². The Morgan fingerprint density at radius 1 is 0.273 bits per heavy atom. The summed E-state index contributed by atoms with van der Waals surface area (Å²) in [7, 11) is 0. The average Bonchev–Trinajstić information content (AvgIpc) is 3.43. The van der Waals surface area contributed by atoms with Gasteiger partial charge in [-0.25, -0.2) is 0 Å². The molecule has 0 aromatic rings. The van der Waals surface area contributed by atoms with Crippen molar-refractivity contribution in [2.75, 3.05) is 13.2 Å². The molecule has 0 rings (SSSR count). The van der Waals surface area contributed by atoms with Gasteiger partial charge in [0.05, 0.1) is 0 Å². The molecule has 0 saturated heterocycles. The topological polar surface area (TPSA) is 78.9 Å². The zero-order chi connectivity index (χ0) is 55.7. The van der Waals surface area contributed by atoms with E-state index in [0.29, 0.717) is 19.3 Å². The van der Waals surface area contributed by atoms with Gasteiger partial charge in [-0.1, -0.05) is 279 Å². The quantitative estimate of drug-likeness (QED) is 0.0261. The van der Waals surface area contributed by atoms with Gasteiger partial charge in [0, 0.05) is 19.3 Å². The molecule has 0 aliphatic rings. The van der Waals surface area contributed by atoms with Gasteiger partial charge < -0.3 is 14.2 Å². The largest absolute Gasteiger partial charge is 0.462 e. The van der Waals surface area contributed by atoms with Crippen LogP contribution in [0, 0.1) is 0 Å². The number of ether oxygens (including phenoxy) is 3. The first-order valence-electron chi connectivity index (χ1n) is 32.7. The fraction of sp³-hybridized carbons (Fsp3) is 0.732. The smallest absolute Gasteiger partial charge is 0.306 e. The summed E-state index contributed by atoms with van der Waals surface area (Å²) in [6.45, 7) is 6.42. The van der Waals surface area contributed by atoms with Gasteiger partial charge in [-0.3, -0.25) is 14.4 Å². The molecule has 0 amide bonds. The predicted octanol–water partition coefficient (Wildman–Crippen LogP) is 22.4. The summed E-state index contributed by atoms with van der Waals surface area (Å²) in [4.78, 5) is 38.4. The number of hydrogen-bond acceptors (Lipinski definition) is 6. The van der Waals surface area contributed by atoms with E-state index in [1.54, 1.807) is 0 Å². The van der Waals surface area contributed by atoms with E-state index in [1.165, 1.54) is 161 Å². The number of hydrogen-bond donors (Lipinski definition) is 0. The minimum absolute atomic E-state index is 0.0844. The minimum atomic E-state index is -0.790. The van der Waals surface area contributed by atoms with E-state index in [4.69, 9.17) is 14.2 Å². The van der Waals surface area contributed by atoms with Crippen molar-refractivity contribution in [1.29, 1.82) is 0 Å². The third kappa shape index (κ3) is 63.0. The van der Waals surface area contributed by atoms with Crippen LogP contribution in [0.4, 0.5) is 0 Å². The van der Waals surface area contributed by atoms with Crippen LogP contribution in [0.3, 0.4) is 0 Å². The monoisotopic (exact) mass is 1070 g/mol. The number of carbonyl (C=O) groups is 3. The fourth-order valence-electron chi connectivity index (χ4n) is 9.21. The number of esters is 3. The molecule has 0 aromatic heterocycles. The lowest BCUT2D eigenvalue weighted by Crippen LogP contribution is -2.30. The number of carbonyl (C=O) groups excluding carboxylic acids is 3. The van der Waals surface area contributed by atoms with E-state index < -0.39 is 6.10 Å². The first-order chi connectivity index (χ1) is 38.0. The zero-order valence-electron chi connectivity index (χ0n) is 50.7. The maximum Gasteiger partial charge on any atom is 0.306 e. The lowest BCUT2D eigenvalue weighted by atomic mass is 10.0. The summed E-state index contributed by atoms with van der Waals surface area (Å²) in [5, 5.41) is 0. The highest BCUT2D eigenvalue weighted by Gasteiger charge is 2.19. The van der Waals surface area contributed by atoms with Crippen molar-refractivity contribution in [2.45, 2.75) is 322 Å². The van der Waals surface area contributed by atoms with Crippen molar-refractivity contribution in [3.8, 4) is 0 Å². The summed E-state index contributed by atoms with van der Waals surface area (Å²) in [5.41, 5.74) is 0. The van der Waals surface area contributed by atoms with Crippen molar-refractivity contribution < 1.29 is 28.6 Å². The summed E-state index contributed by atoms with van der Waals surface area (Å²) in [6, 6.07) is 0.